The third-order valence-corrected chi connectivity index (χ3v) is 6.56. The van der Waals surface area contributed by atoms with E-state index in [1.54, 1.807) is 53.9 Å². The van der Waals surface area contributed by atoms with Gasteiger partial charge in [0.05, 0.1) is 11.3 Å². The van der Waals surface area contributed by atoms with E-state index < -0.39 is 10.0 Å². The molecule has 0 saturated carbocycles. The van der Waals surface area contributed by atoms with E-state index in [4.69, 9.17) is 10.00 Å². The SMILES string of the molecule is CN(c1ccc(Oc2ccc(C#N)cn2)cc1)S(=O)(=O)c1cccs1. The van der Waals surface area contributed by atoms with Crippen LogP contribution in [0.15, 0.2) is 64.3 Å². The fourth-order valence-corrected chi connectivity index (χ4v) is 4.39. The Morgan fingerprint density at radius 1 is 1.16 bits per heavy atom. The molecule has 0 saturated heterocycles. The molecule has 0 spiro atoms. The van der Waals surface area contributed by atoms with Crippen LogP contribution in [0, 0.1) is 11.3 Å². The highest BCUT2D eigenvalue weighted by molar-refractivity contribution is 7.94. The third kappa shape index (κ3) is 3.63. The molecule has 0 aliphatic heterocycles. The van der Waals surface area contributed by atoms with E-state index in [1.807, 2.05) is 6.07 Å². The number of ether oxygens (including phenoxy) is 1. The van der Waals surface area contributed by atoms with Gasteiger partial charge in [0.25, 0.3) is 10.0 Å². The van der Waals surface area contributed by atoms with Crippen LogP contribution in [0.25, 0.3) is 0 Å². The maximum Gasteiger partial charge on any atom is 0.273 e. The van der Waals surface area contributed by atoms with Crippen LogP contribution in [0.4, 0.5) is 5.69 Å². The summed E-state index contributed by atoms with van der Waals surface area (Å²) in [5.41, 5.74) is 0.969. The van der Waals surface area contributed by atoms with Gasteiger partial charge in [-0.05, 0) is 41.8 Å². The van der Waals surface area contributed by atoms with Crippen LogP contribution in [0.5, 0.6) is 11.6 Å². The number of hydrogen-bond donors (Lipinski definition) is 0. The van der Waals surface area contributed by atoms with Crippen molar-refractivity contribution in [2.75, 3.05) is 11.4 Å². The van der Waals surface area contributed by atoms with Crippen molar-refractivity contribution < 1.29 is 13.2 Å². The van der Waals surface area contributed by atoms with E-state index in [-0.39, 0.29) is 4.21 Å². The Hall–Kier alpha value is -2.89. The molecule has 0 bridgehead atoms. The van der Waals surface area contributed by atoms with Crippen LogP contribution in [0.2, 0.25) is 0 Å². The van der Waals surface area contributed by atoms with E-state index >= 15 is 0 Å². The van der Waals surface area contributed by atoms with Gasteiger partial charge >= 0.3 is 0 Å². The normalized spacial score (nSPS) is 10.9. The topological polar surface area (TPSA) is 83.3 Å². The van der Waals surface area contributed by atoms with Crippen LogP contribution in [0.3, 0.4) is 0 Å². The predicted octanol–water partition coefficient (Wildman–Crippen LogP) is 3.63. The Kier molecular flexibility index (Phi) is 4.70. The van der Waals surface area contributed by atoms with Gasteiger partial charge in [0.2, 0.25) is 5.88 Å². The molecule has 3 rings (SSSR count). The molecule has 0 aliphatic rings. The number of hydrogen-bond acceptors (Lipinski definition) is 6. The molecule has 1 aromatic carbocycles. The lowest BCUT2D eigenvalue weighted by atomic mass is 10.3. The van der Waals surface area contributed by atoms with Crippen LogP contribution in [-0.4, -0.2) is 20.4 Å². The quantitative estimate of drug-likeness (QED) is 0.684. The first-order valence-electron chi connectivity index (χ1n) is 7.17. The van der Waals surface area contributed by atoms with Crippen molar-refractivity contribution in [1.82, 2.24) is 4.98 Å². The fraction of sp³-hybridized carbons (Fsp3) is 0.0588. The highest BCUT2D eigenvalue weighted by Gasteiger charge is 2.22. The summed E-state index contributed by atoms with van der Waals surface area (Å²) in [6, 6.07) is 15.1. The van der Waals surface area contributed by atoms with Crippen molar-refractivity contribution >= 4 is 27.0 Å². The Morgan fingerprint density at radius 3 is 2.48 bits per heavy atom. The first-order chi connectivity index (χ1) is 12.0. The molecule has 2 heterocycles. The molecular weight excluding hydrogens is 358 g/mol. The van der Waals surface area contributed by atoms with Crippen molar-refractivity contribution in [2.45, 2.75) is 4.21 Å². The summed E-state index contributed by atoms with van der Waals surface area (Å²) in [5, 5.41) is 10.5. The van der Waals surface area contributed by atoms with E-state index in [9.17, 15) is 8.42 Å². The minimum absolute atomic E-state index is 0.289. The molecule has 0 N–H and O–H groups in total. The average Bonchev–Trinajstić information content (AvgIpc) is 3.18. The second kappa shape index (κ2) is 6.93. The number of nitrogens with zero attached hydrogens (tertiary/aromatic N) is 3. The Labute approximate surface area is 149 Å². The molecule has 0 radical (unpaired) electrons. The summed E-state index contributed by atoms with van der Waals surface area (Å²) in [7, 11) is -2.05. The maximum absolute atomic E-state index is 12.5. The molecule has 0 aliphatic carbocycles. The van der Waals surface area contributed by atoms with Gasteiger partial charge < -0.3 is 4.74 Å². The number of aromatic nitrogens is 1. The number of pyridine rings is 1. The summed E-state index contributed by atoms with van der Waals surface area (Å²) >= 11 is 1.18. The summed E-state index contributed by atoms with van der Waals surface area (Å²) in [5.74, 6) is 0.870. The molecule has 0 amide bonds. The Balaban J connectivity index is 1.76. The Bertz CT molecular complexity index is 991. The van der Waals surface area contributed by atoms with Gasteiger partial charge in [0.15, 0.2) is 0 Å². The lowest BCUT2D eigenvalue weighted by Gasteiger charge is -2.18. The molecule has 126 valence electrons. The molecule has 25 heavy (non-hydrogen) atoms. The monoisotopic (exact) mass is 371 g/mol. The summed E-state index contributed by atoms with van der Waals surface area (Å²) in [6.45, 7) is 0. The molecule has 0 unspecified atom stereocenters. The van der Waals surface area contributed by atoms with Crippen LogP contribution < -0.4 is 9.04 Å². The van der Waals surface area contributed by atoms with Gasteiger partial charge in [-0.2, -0.15) is 5.26 Å². The molecule has 6 nitrogen and oxygen atoms in total. The maximum atomic E-state index is 12.5. The first-order valence-corrected chi connectivity index (χ1v) is 9.49. The number of anilines is 1. The first kappa shape index (κ1) is 17.0. The minimum atomic E-state index is -3.56. The van der Waals surface area contributed by atoms with Crippen molar-refractivity contribution in [3.8, 4) is 17.7 Å². The fourth-order valence-electron chi connectivity index (χ4n) is 2.04. The van der Waals surface area contributed by atoms with Crippen LogP contribution >= 0.6 is 11.3 Å². The number of rotatable bonds is 5. The van der Waals surface area contributed by atoms with Crippen molar-refractivity contribution in [3.05, 3.63) is 65.7 Å². The minimum Gasteiger partial charge on any atom is -0.439 e. The van der Waals surface area contributed by atoms with Crippen molar-refractivity contribution in [1.29, 1.82) is 5.26 Å². The van der Waals surface area contributed by atoms with E-state index in [1.165, 1.54) is 28.9 Å². The zero-order valence-corrected chi connectivity index (χ0v) is 14.8. The number of benzene rings is 1. The number of nitriles is 1. The van der Waals surface area contributed by atoms with E-state index in [0.717, 1.165) is 0 Å². The summed E-state index contributed by atoms with van der Waals surface area (Å²) in [4.78, 5) is 4.03. The predicted molar refractivity (Wildman–Crippen MR) is 95.4 cm³/mol. The van der Waals surface area contributed by atoms with Gasteiger partial charge in [-0.1, -0.05) is 6.07 Å². The molecule has 0 atom stereocenters. The van der Waals surface area contributed by atoms with Gasteiger partial charge in [-0.3, -0.25) is 4.31 Å². The average molecular weight is 371 g/mol. The van der Waals surface area contributed by atoms with Crippen LogP contribution in [-0.2, 0) is 10.0 Å². The van der Waals surface area contributed by atoms with Gasteiger partial charge in [-0.15, -0.1) is 11.3 Å². The number of thiophene rings is 1. The highest BCUT2D eigenvalue weighted by Crippen LogP contribution is 2.27. The Morgan fingerprint density at radius 2 is 1.92 bits per heavy atom. The van der Waals surface area contributed by atoms with Gasteiger partial charge in [-0.25, -0.2) is 13.4 Å². The zero-order chi connectivity index (χ0) is 17.9. The van der Waals surface area contributed by atoms with Gasteiger partial charge in [0, 0.05) is 19.3 Å². The van der Waals surface area contributed by atoms with E-state index in [0.29, 0.717) is 22.9 Å². The molecule has 0 fully saturated rings. The van der Waals surface area contributed by atoms with Crippen LogP contribution in [0.1, 0.15) is 5.56 Å². The molecule has 8 heteroatoms. The highest BCUT2D eigenvalue weighted by atomic mass is 32.2. The summed E-state index contributed by atoms with van der Waals surface area (Å²) < 4.78 is 32.1. The largest absolute Gasteiger partial charge is 0.439 e. The van der Waals surface area contributed by atoms with Crippen molar-refractivity contribution in [2.24, 2.45) is 0 Å². The second-order valence-corrected chi connectivity index (χ2v) is 8.14. The third-order valence-electron chi connectivity index (χ3n) is 3.40. The second-order valence-electron chi connectivity index (χ2n) is 5.00. The summed E-state index contributed by atoms with van der Waals surface area (Å²) in [6.07, 6.45) is 1.42. The van der Waals surface area contributed by atoms with Gasteiger partial charge in [0.1, 0.15) is 16.0 Å². The smallest absolute Gasteiger partial charge is 0.273 e. The number of sulfonamides is 1. The standard InChI is InChI=1S/C17H13N3O3S2/c1-20(25(21,22)17-3-2-10-24-17)14-5-7-15(8-6-14)23-16-9-4-13(11-18)12-19-16/h2-10,12H,1H3. The molecule has 2 aromatic heterocycles. The lowest BCUT2D eigenvalue weighted by molar-refractivity contribution is 0.463. The molecule has 3 aromatic rings. The zero-order valence-electron chi connectivity index (χ0n) is 13.2. The lowest BCUT2D eigenvalue weighted by Crippen LogP contribution is -2.25. The van der Waals surface area contributed by atoms with E-state index in [2.05, 4.69) is 4.98 Å². The van der Waals surface area contributed by atoms with Crippen molar-refractivity contribution in [3.63, 3.8) is 0 Å². The molecular formula is C17H13N3O3S2.